The maximum atomic E-state index is 11.5. The molecular weight excluding hydrogens is 196 g/mol. The molecule has 0 radical (unpaired) electrons. The number of carbonyl (C=O) groups excluding carboxylic acids is 3. The van der Waals surface area contributed by atoms with E-state index in [4.69, 9.17) is 4.74 Å². The Balaban J connectivity index is 3.00. The molecule has 1 atom stereocenters. The fourth-order valence-electron chi connectivity index (χ4n) is 1.29. The summed E-state index contributed by atoms with van der Waals surface area (Å²) in [6.07, 6.45) is 4.45. The number of hydrogen-bond acceptors (Lipinski definition) is 4. The fraction of sp³-hybridized carbons (Fsp3) is 0.364. The molecule has 0 aliphatic heterocycles. The van der Waals surface area contributed by atoms with Gasteiger partial charge in [0.05, 0.1) is 12.2 Å². The van der Waals surface area contributed by atoms with Crippen molar-refractivity contribution in [2.24, 2.45) is 5.41 Å². The van der Waals surface area contributed by atoms with Crippen molar-refractivity contribution in [3.8, 4) is 0 Å². The molecule has 0 saturated heterocycles. The van der Waals surface area contributed by atoms with Crippen LogP contribution in [-0.2, 0) is 19.1 Å². The minimum absolute atomic E-state index is 0.00643. The van der Waals surface area contributed by atoms with Gasteiger partial charge in [0, 0.05) is 0 Å². The zero-order valence-electron chi connectivity index (χ0n) is 8.65. The smallest absolute Gasteiger partial charge is 0.319 e. The van der Waals surface area contributed by atoms with Crippen LogP contribution >= 0.6 is 0 Å². The van der Waals surface area contributed by atoms with E-state index in [2.05, 4.69) is 0 Å². The van der Waals surface area contributed by atoms with E-state index < -0.39 is 11.4 Å². The van der Waals surface area contributed by atoms with E-state index in [1.54, 1.807) is 13.8 Å². The third-order valence-corrected chi connectivity index (χ3v) is 2.16. The lowest BCUT2D eigenvalue weighted by Crippen LogP contribution is -2.29. The molecule has 4 nitrogen and oxygen atoms in total. The number of allylic oxidation sites excluding steroid dienone is 2. The average molecular weight is 208 g/mol. The van der Waals surface area contributed by atoms with Gasteiger partial charge in [-0.15, -0.1) is 0 Å². The largest absolute Gasteiger partial charge is 0.465 e. The van der Waals surface area contributed by atoms with Gasteiger partial charge in [-0.2, -0.15) is 0 Å². The number of hydrogen-bond donors (Lipinski definition) is 0. The first-order valence-corrected chi connectivity index (χ1v) is 4.62. The van der Waals surface area contributed by atoms with Crippen molar-refractivity contribution in [1.82, 2.24) is 0 Å². The number of ketones is 1. The Kier molecular flexibility index (Phi) is 3.19. The second-order valence-corrected chi connectivity index (χ2v) is 3.42. The van der Waals surface area contributed by atoms with Gasteiger partial charge in [-0.25, -0.2) is 0 Å². The van der Waals surface area contributed by atoms with Crippen molar-refractivity contribution in [1.29, 1.82) is 0 Å². The summed E-state index contributed by atoms with van der Waals surface area (Å²) in [5.41, 5.74) is -1.02. The van der Waals surface area contributed by atoms with Gasteiger partial charge in [0.25, 0.3) is 0 Å². The number of ether oxygens (including phenoxy) is 1. The van der Waals surface area contributed by atoms with Gasteiger partial charge in [-0.05, 0) is 26.0 Å². The molecule has 0 aromatic heterocycles. The van der Waals surface area contributed by atoms with Gasteiger partial charge in [0.1, 0.15) is 5.41 Å². The quantitative estimate of drug-likeness (QED) is 0.391. The number of aldehydes is 1. The van der Waals surface area contributed by atoms with Crippen LogP contribution in [0, 0.1) is 5.41 Å². The van der Waals surface area contributed by atoms with Crippen LogP contribution in [-0.4, -0.2) is 24.6 Å². The van der Waals surface area contributed by atoms with E-state index in [1.807, 2.05) is 0 Å². The Hall–Kier alpha value is -1.71. The van der Waals surface area contributed by atoms with Gasteiger partial charge in [-0.3, -0.25) is 14.4 Å². The summed E-state index contributed by atoms with van der Waals surface area (Å²) >= 11 is 0. The SMILES string of the molecule is CCOC(=O)C1(C)C=CC(=O)C(C=O)=C1. The predicted molar refractivity (Wildman–Crippen MR) is 53.0 cm³/mol. The number of esters is 1. The standard InChI is InChI=1S/C11H12O4/c1-3-15-10(14)11(2)5-4-9(13)8(6-11)7-12/h4-7H,3H2,1-2H3. The van der Waals surface area contributed by atoms with Crippen LogP contribution in [0.25, 0.3) is 0 Å². The highest BCUT2D eigenvalue weighted by molar-refractivity contribution is 6.18. The van der Waals surface area contributed by atoms with Gasteiger partial charge in [-0.1, -0.05) is 6.08 Å². The first-order valence-electron chi connectivity index (χ1n) is 4.62. The van der Waals surface area contributed by atoms with Crippen molar-refractivity contribution in [2.75, 3.05) is 6.61 Å². The number of rotatable bonds is 3. The maximum Gasteiger partial charge on any atom is 0.319 e. The minimum Gasteiger partial charge on any atom is -0.465 e. The molecule has 1 aliphatic rings. The minimum atomic E-state index is -1.01. The van der Waals surface area contributed by atoms with Crippen molar-refractivity contribution in [3.05, 3.63) is 23.8 Å². The van der Waals surface area contributed by atoms with Crippen molar-refractivity contribution in [2.45, 2.75) is 13.8 Å². The Bertz CT molecular complexity index is 365. The summed E-state index contributed by atoms with van der Waals surface area (Å²) in [6, 6.07) is 0. The van der Waals surface area contributed by atoms with Crippen molar-refractivity contribution in [3.63, 3.8) is 0 Å². The molecular formula is C11H12O4. The molecule has 0 saturated carbocycles. The highest BCUT2D eigenvalue weighted by Crippen LogP contribution is 2.27. The van der Waals surface area contributed by atoms with Gasteiger partial charge < -0.3 is 4.74 Å². The topological polar surface area (TPSA) is 60.4 Å². The second-order valence-electron chi connectivity index (χ2n) is 3.42. The Morgan fingerprint density at radius 3 is 2.80 bits per heavy atom. The van der Waals surface area contributed by atoms with Crippen LogP contribution in [0.5, 0.6) is 0 Å². The average Bonchev–Trinajstić information content (AvgIpc) is 2.22. The summed E-state index contributed by atoms with van der Waals surface area (Å²) in [7, 11) is 0. The molecule has 0 aromatic carbocycles. The van der Waals surface area contributed by atoms with E-state index in [-0.39, 0.29) is 18.0 Å². The Morgan fingerprint density at radius 2 is 2.27 bits per heavy atom. The second kappa shape index (κ2) is 4.21. The van der Waals surface area contributed by atoms with Crippen LogP contribution < -0.4 is 0 Å². The normalized spacial score (nSPS) is 24.7. The molecule has 80 valence electrons. The molecule has 0 bridgehead atoms. The summed E-state index contributed by atoms with van der Waals surface area (Å²) in [5.74, 6) is -0.847. The lowest BCUT2D eigenvalue weighted by molar-refractivity contribution is -0.149. The summed E-state index contributed by atoms with van der Waals surface area (Å²) in [4.78, 5) is 33.3. The third-order valence-electron chi connectivity index (χ3n) is 2.16. The van der Waals surface area contributed by atoms with Crippen LogP contribution in [0.15, 0.2) is 23.8 Å². The molecule has 0 fully saturated rings. The van der Waals surface area contributed by atoms with E-state index in [9.17, 15) is 14.4 Å². The van der Waals surface area contributed by atoms with Crippen LogP contribution in [0.1, 0.15) is 13.8 Å². The number of carbonyl (C=O) groups is 3. The molecule has 0 N–H and O–H groups in total. The summed E-state index contributed by atoms with van der Waals surface area (Å²) < 4.78 is 4.85. The molecule has 0 aromatic rings. The van der Waals surface area contributed by atoms with Crippen LogP contribution in [0.3, 0.4) is 0 Å². The third kappa shape index (κ3) is 2.21. The summed E-state index contributed by atoms with van der Waals surface area (Å²) in [6.45, 7) is 3.56. The highest BCUT2D eigenvalue weighted by Gasteiger charge is 2.33. The molecule has 0 spiro atoms. The first kappa shape index (κ1) is 11.4. The zero-order valence-corrected chi connectivity index (χ0v) is 8.65. The molecule has 4 heteroatoms. The van der Waals surface area contributed by atoms with Crippen molar-refractivity contribution < 1.29 is 19.1 Å². The van der Waals surface area contributed by atoms with Crippen LogP contribution in [0.2, 0.25) is 0 Å². The molecule has 1 aliphatic carbocycles. The molecule has 0 heterocycles. The molecule has 1 unspecified atom stereocenters. The van der Waals surface area contributed by atoms with Crippen molar-refractivity contribution >= 4 is 18.0 Å². The predicted octanol–water partition coefficient (Wildman–Crippen LogP) is 0.820. The monoisotopic (exact) mass is 208 g/mol. The van der Waals surface area contributed by atoms with E-state index >= 15 is 0 Å². The van der Waals surface area contributed by atoms with Gasteiger partial charge in [0.15, 0.2) is 12.1 Å². The van der Waals surface area contributed by atoms with Crippen LogP contribution in [0.4, 0.5) is 0 Å². The Morgan fingerprint density at radius 1 is 1.60 bits per heavy atom. The van der Waals surface area contributed by atoms with E-state index in [1.165, 1.54) is 18.2 Å². The molecule has 15 heavy (non-hydrogen) atoms. The lowest BCUT2D eigenvalue weighted by atomic mass is 9.83. The highest BCUT2D eigenvalue weighted by atomic mass is 16.5. The van der Waals surface area contributed by atoms with Gasteiger partial charge in [0.2, 0.25) is 0 Å². The fourth-order valence-corrected chi connectivity index (χ4v) is 1.29. The van der Waals surface area contributed by atoms with E-state index in [0.29, 0.717) is 6.29 Å². The lowest BCUT2D eigenvalue weighted by Gasteiger charge is -2.22. The van der Waals surface area contributed by atoms with E-state index in [0.717, 1.165) is 0 Å². The maximum absolute atomic E-state index is 11.5. The molecule has 1 rings (SSSR count). The van der Waals surface area contributed by atoms with Gasteiger partial charge >= 0.3 is 5.97 Å². The zero-order chi connectivity index (χ0) is 11.5. The summed E-state index contributed by atoms with van der Waals surface area (Å²) in [5, 5.41) is 0. The Labute approximate surface area is 87.6 Å². The molecule has 0 amide bonds. The first-order chi connectivity index (χ1) is 7.03.